The van der Waals surface area contributed by atoms with Gasteiger partial charge < -0.3 is 9.84 Å². The summed E-state index contributed by atoms with van der Waals surface area (Å²) in [5, 5.41) is 9.46. The van der Waals surface area contributed by atoms with E-state index in [0.29, 0.717) is 5.75 Å². The molecule has 1 N–H and O–H groups in total. The number of carboxylic acids is 1. The van der Waals surface area contributed by atoms with Crippen LogP contribution in [0.1, 0.15) is 25.7 Å². The molecule has 1 aromatic rings. The van der Waals surface area contributed by atoms with Crippen molar-refractivity contribution in [2.45, 2.75) is 35.3 Å². The van der Waals surface area contributed by atoms with Crippen molar-refractivity contribution >= 4 is 15.8 Å². The molecule has 1 spiro atoms. The second-order valence-corrected chi connectivity index (χ2v) is 8.10. The first-order chi connectivity index (χ1) is 9.35. The fourth-order valence-corrected chi connectivity index (χ4v) is 5.34. The van der Waals surface area contributed by atoms with Crippen molar-refractivity contribution in [2.75, 3.05) is 7.11 Å². The van der Waals surface area contributed by atoms with E-state index >= 15 is 0 Å². The van der Waals surface area contributed by atoms with E-state index < -0.39 is 20.6 Å². The van der Waals surface area contributed by atoms with Gasteiger partial charge >= 0.3 is 5.97 Å². The lowest BCUT2D eigenvalue weighted by Gasteiger charge is -2.44. The molecule has 6 heteroatoms. The average molecular weight is 296 g/mol. The lowest BCUT2D eigenvalue weighted by Crippen LogP contribution is -2.57. The van der Waals surface area contributed by atoms with E-state index in [-0.39, 0.29) is 23.2 Å². The summed E-state index contributed by atoms with van der Waals surface area (Å²) in [4.78, 5) is 11.6. The van der Waals surface area contributed by atoms with Gasteiger partial charge in [0.05, 0.1) is 12.0 Å². The van der Waals surface area contributed by atoms with Crippen molar-refractivity contribution in [1.29, 1.82) is 0 Å². The maximum Gasteiger partial charge on any atom is 0.325 e. The molecule has 2 fully saturated rings. The number of carbonyl (C=O) groups is 1. The fraction of sp³-hybridized carbons (Fsp3) is 0.500. The van der Waals surface area contributed by atoms with Gasteiger partial charge in [-0.25, -0.2) is 8.42 Å². The van der Waals surface area contributed by atoms with Crippen molar-refractivity contribution in [3.8, 4) is 5.75 Å². The van der Waals surface area contributed by atoms with Crippen LogP contribution in [0.2, 0.25) is 0 Å². The van der Waals surface area contributed by atoms with Gasteiger partial charge in [0.2, 0.25) is 0 Å². The van der Waals surface area contributed by atoms with Crippen molar-refractivity contribution in [1.82, 2.24) is 0 Å². The first-order valence-corrected chi connectivity index (χ1v) is 7.96. The number of hydrogen-bond acceptors (Lipinski definition) is 4. The van der Waals surface area contributed by atoms with Crippen LogP contribution in [0.15, 0.2) is 29.2 Å². The van der Waals surface area contributed by atoms with Crippen LogP contribution in [0.3, 0.4) is 0 Å². The lowest BCUT2D eigenvalue weighted by molar-refractivity contribution is -0.144. The van der Waals surface area contributed by atoms with Crippen LogP contribution in [0.4, 0.5) is 0 Å². The summed E-state index contributed by atoms with van der Waals surface area (Å²) in [7, 11) is -2.46. The van der Waals surface area contributed by atoms with E-state index in [1.54, 1.807) is 12.1 Å². The third-order valence-electron chi connectivity index (χ3n) is 4.53. The van der Waals surface area contributed by atoms with E-state index in [4.69, 9.17) is 4.74 Å². The number of hydrogen-bond donors (Lipinski definition) is 1. The summed E-state index contributed by atoms with van der Waals surface area (Å²) in [6, 6.07) is 6.01. The molecular formula is C14H16O5S. The van der Waals surface area contributed by atoms with Gasteiger partial charge in [0.15, 0.2) is 14.6 Å². The molecule has 5 nitrogen and oxygen atoms in total. The molecule has 2 aliphatic carbocycles. The number of sulfone groups is 1. The molecule has 0 aromatic heterocycles. The second kappa shape index (κ2) is 3.97. The molecule has 0 atom stereocenters. The van der Waals surface area contributed by atoms with Gasteiger partial charge in [0, 0.05) is 0 Å². The molecule has 3 rings (SSSR count). The minimum atomic E-state index is -3.91. The van der Waals surface area contributed by atoms with Crippen LogP contribution in [0, 0.1) is 5.41 Å². The average Bonchev–Trinajstić information content (AvgIpc) is 3.16. The largest absolute Gasteiger partial charge is 0.497 e. The van der Waals surface area contributed by atoms with E-state index in [1.165, 1.54) is 19.2 Å². The molecule has 0 bridgehead atoms. The predicted octanol–water partition coefficient (Wildman–Crippen LogP) is 1.87. The lowest BCUT2D eigenvalue weighted by atomic mass is 9.71. The molecular weight excluding hydrogens is 280 g/mol. The Morgan fingerprint density at radius 1 is 1.30 bits per heavy atom. The number of aliphatic carboxylic acids is 1. The number of carboxylic acid groups (broad SMARTS) is 1. The van der Waals surface area contributed by atoms with E-state index in [2.05, 4.69) is 0 Å². The Bertz CT molecular complexity index is 665. The Morgan fingerprint density at radius 2 is 1.95 bits per heavy atom. The van der Waals surface area contributed by atoms with Crippen LogP contribution in [-0.4, -0.2) is 31.4 Å². The van der Waals surface area contributed by atoms with Gasteiger partial charge in [-0.2, -0.15) is 0 Å². The van der Waals surface area contributed by atoms with Crippen LogP contribution >= 0.6 is 0 Å². The number of rotatable bonds is 4. The van der Waals surface area contributed by atoms with Gasteiger partial charge in [0.1, 0.15) is 5.75 Å². The highest BCUT2D eigenvalue weighted by molar-refractivity contribution is 7.93. The Balaban J connectivity index is 2.03. The first kappa shape index (κ1) is 13.4. The molecule has 0 unspecified atom stereocenters. The van der Waals surface area contributed by atoms with E-state index in [0.717, 1.165) is 12.8 Å². The Morgan fingerprint density at radius 3 is 2.45 bits per heavy atom. The zero-order chi connectivity index (χ0) is 14.6. The third kappa shape index (κ3) is 1.67. The maximum absolute atomic E-state index is 12.7. The smallest absolute Gasteiger partial charge is 0.325 e. The van der Waals surface area contributed by atoms with Gasteiger partial charge in [-0.05, 0) is 49.3 Å². The van der Waals surface area contributed by atoms with E-state index in [9.17, 15) is 18.3 Å². The molecule has 0 amide bonds. The molecule has 108 valence electrons. The summed E-state index contributed by atoms with van der Waals surface area (Å²) in [6.07, 6.45) is 2.34. The summed E-state index contributed by atoms with van der Waals surface area (Å²) in [5.41, 5.74) is -0.0235. The summed E-state index contributed by atoms with van der Waals surface area (Å²) < 4.78 is 28.8. The maximum atomic E-state index is 12.7. The Hall–Kier alpha value is -1.56. The molecule has 2 saturated carbocycles. The molecule has 0 heterocycles. The number of methoxy groups -OCH3 is 1. The van der Waals surface area contributed by atoms with Crippen LogP contribution in [0.5, 0.6) is 5.75 Å². The molecule has 0 saturated heterocycles. The quantitative estimate of drug-likeness (QED) is 0.917. The van der Waals surface area contributed by atoms with Gasteiger partial charge in [-0.3, -0.25) is 4.79 Å². The van der Waals surface area contributed by atoms with Crippen molar-refractivity contribution < 1.29 is 23.1 Å². The first-order valence-electron chi connectivity index (χ1n) is 6.47. The zero-order valence-electron chi connectivity index (χ0n) is 11.1. The standard InChI is InChI=1S/C14H16O5S/c1-19-10-3-2-4-11(7-10)20(17,18)14(12(15)16)8-13(9-14)5-6-13/h2-4,7H,5-6,8-9H2,1H3,(H,15,16). The van der Waals surface area contributed by atoms with Crippen molar-refractivity contribution in [2.24, 2.45) is 5.41 Å². The van der Waals surface area contributed by atoms with Crippen molar-refractivity contribution in [3.05, 3.63) is 24.3 Å². The highest BCUT2D eigenvalue weighted by Crippen LogP contribution is 2.67. The topological polar surface area (TPSA) is 80.7 Å². The number of benzene rings is 1. The fourth-order valence-electron chi connectivity index (χ4n) is 3.14. The van der Waals surface area contributed by atoms with Crippen LogP contribution in [-0.2, 0) is 14.6 Å². The molecule has 20 heavy (non-hydrogen) atoms. The summed E-state index contributed by atoms with van der Waals surface area (Å²) in [5.74, 6) is -0.829. The minimum Gasteiger partial charge on any atom is -0.497 e. The third-order valence-corrected chi connectivity index (χ3v) is 6.90. The Kier molecular flexibility index (Phi) is 2.67. The van der Waals surface area contributed by atoms with E-state index in [1.807, 2.05) is 0 Å². The van der Waals surface area contributed by atoms with Crippen molar-refractivity contribution in [3.63, 3.8) is 0 Å². The Labute approximate surface area is 117 Å². The summed E-state index contributed by atoms with van der Waals surface area (Å²) in [6.45, 7) is 0. The monoisotopic (exact) mass is 296 g/mol. The highest BCUT2D eigenvalue weighted by Gasteiger charge is 2.70. The minimum absolute atomic E-state index is 0.0229. The number of ether oxygens (including phenoxy) is 1. The predicted molar refractivity (Wildman–Crippen MR) is 71.4 cm³/mol. The van der Waals surface area contributed by atoms with Gasteiger partial charge in [0.25, 0.3) is 0 Å². The van der Waals surface area contributed by atoms with Crippen LogP contribution in [0.25, 0.3) is 0 Å². The molecule has 0 radical (unpaired) electrons. The summed E-state index contributed by atoms with van der Waals surface area (Å²) >= 11 is 0. The normalized spacial score (nSPS) is 22.1. The molecule has 1 aromatic carbocycles. The zero-order valence-corrected chi connectivity index (χ0v) is 11.9. The SMILES string of the molecule is COc1cccc(S(=O)(=O)C2(C(=O)O)CC3(CC3)C2)c1. The second-order valence-electron chi connectivity index (χ2n) is 5.84. The highest BCUT2D eigenvalue weighted by atomic mass is 32.2. The molecule has 2 aliphatic rings. The van der Waals surface area contributed by atoms with Gasteiger partial charge in [-0.15, -0.1) is 0 Å². The van der Waals surface area contributed by atoms with Crippen LogP contribution < -0.4 is 4.74 Å². The molecule has 0 aliphatic heterocycles. The van der Waals surface area contributed by atoms with Gasteiger partial charge in [-0.1, -0.05) is 6.07 Å².